The summed E-state index contributed by atoms with van der Waals surface area (Å²) in [5, 5.41) is 3.42. The maximum absolute atomic E-state index is 5.49. The molecule has 0 radical (unpaired) electrons. The standard InChI is InChI=1S/C16H21N5O/c1-21(11-13-5-2-3-8-17-13)16-18-9-7-15(20-16)19-14-6-4-10-22-12-14/h2-3,5,7-9,14H,4,6,10-12H2,1H3,(H,18,19,20)/t14-/m0/s1. The highest BCUT2D eigenvalue weighted by Crippen LogP contribution is 2.15. The maximum atomic E-state index is 5.49. The molecule has 6 nitrogen and oxygen atoms in total. The number of nitrogens with zero attached hydrogens (tertiary/aromatic N) is 4. The van der Waals surface area contributed by atoms with Crippen LogP contribution in [-0.4, -0.2) is 41.3 Å². The molecular weight excluding hydrogens is 278 g/mol. The molecule has 3 heterocycles. The molecule has 2 aromatic heterocycles. The van der Waals surface area contributed by atoms with E-state index in [1.807, 2.05) is 36.2 Å². The molecule has 0 spiro atoms. The Morgan fingerprint density at radius 2 is 2.23 bits per heavy atom. The van der Waals surface area contributed by atoms with Gasteiger partial charge in [0.1, 0.15) is 5.82 Å². The van der Waals surface area contributed by atoms with Gasteiger partial charge in [0.2, 0.25) is 5.95 Å². The van der Waals surface area contributed by atoms with Gasteiger partial charge in [0, 0.05) is 26.0 Å². The number of hydrogen-bond acceptors (Lipinski definition) is 6. The molecule has 3 rings (SSSR count). The molecule has 6 heteroatoms. The number of pyridine rings is 1. The van der Waals surface area contributed by atoms with Gasteiger partial charge in [0.15, 0.2) is 0 Å². The average molecular weight is 299 g/mol. The van der Waals surface area contributed by atoms with Gasteiger partial charge in [-0.15, -0.1) is 0 Å². The molecule has 0 saturated carbocycles. The topological polar surface area (TPSA) is 63.2 Å². The lowest BCUT2D eigenvalue weighted by atomic mass is 10.1. The minimum atomic E-state index is 0.331. The van der Waals surface area contributed by atoms with E-state index in [9.17, 15) is 0 Å². The average Bonchev–Trinajstić information content (AvgIpc) is 2.57. The molecule has 0 aromatic carbocycles. The van der Waals surface area contributed by atoms with Crippen molar-refractivity contribution >= 4 is 11.8 Å². The summed E-state index contributed by atoms with van der Waals surface area (Å²) in [7, 11) is 1.97. The zero-order valence-electron chi connectivity index (χ0n) is 12.8. The molecule has 0 amide bonds. The third-order valence-corrected chi connectivity index (χ3v) is 3.62. The van der Waals surface area contributed by atoms with E-state index in [4.69, 9.17) is 4.74 Å². The van der Waals surface area contributed by atoms with Crippen molar-refractivity contribution in [3.8, 4) is 0 Å². The van der Waals surface area contributed by atoms with E-state index in [0.717, 1.165) is 37.6 Å². The number of anilines is 2. The fourth-order valence-electron chi connectivity index (χ4n) is 2.48. The Hall–Kier alpha value is -2.21. The molecule has 22 heavy (non-hydrogen) atoms. The van der Waals surface area contributed by atoms with Crippen LogP contribution in [0, 0.1) is 0 Å². The summed E-state index contributed by atoms with van der Waals surface area (Å²) in [6, 6.07) is 8.12. The lowest BCUT2D eigenvalue weighted by molar-refractivity contribution is 0.0875. The first-order valence-electron chi connectivity index (χ1n) is 7.59. The lowest BCUT2D eigenvalue weighted by Crippen LogP contribution is -2.30. The largest absolute Gasteiger partial charge is 0.379 e. The Kier molecular flexibility index (Phi) is 4.80. The number of aromatic nitrogens is 3. The molecular formula is C16H21N5O. The summed E-state index contributed by atoms with van der Waals surface area (Å²) >= 11 is 0. The summed E-state index contributed by atoms with van der Waals surface area (Å²) in [6.45, 7) is 2.28. The van der Waals surface area contributed by atoms with Crippen LogP contribution in [0.3, 0.4) is 0 Å². The number of rotatable bonds is 5. The summed E-state index contributed by atoms with van der Waals surface area (Å²) in [5.41, 5.74) is 0.993. The molecule has 1 atom stereocenters. The van der Waals surface area contributed by atoms with Gasteiger partial charge in [-0.05, 0) is 31.0 Å². The van der Waals surface area contributed by atoms with Gasteiger partial charge >= 0.3 is 0 Å². The van der Waals surface area contributed by atoms with Crippen LogP contribution in [0.1, 0.15) is 18.5 Å². The van der Waals surface area contributed by atoms with Crippen molar-refractivity contribution in [2.45, 2.75) is 25.4 Å². The second kappa shape index (κ2) is 7.17. The van der Waals surface area contributed by atoms with E-state index >= 15 is 0 Å². The number of nitrogens with one attached hydrogen (secondary N) is 1. The molecule has 1 aliphatic heterocycles. The molecule has 1 fully saturated rings. The zero-order chi connectivity index (χ0) is 15.2. The molecule has 1 aliphatic rings. The minimum absolute atomic E-state index is 0.331. The van der Waals surface area contributed by atoms with Crippen LogP contribution in [0.4, 0.5) is 11.8 Å². The SMILES string of the molecule is CN(Cc1ccccn1)c1nccc(N[C@H]2CCCOC2)n1. The quantitative estimate of drug-likeness (QED) is 0.912. The van der Waals surface area contributed by atoms with Crippen molar-refractivity contribution in [2.24, 2.45) is 0 Å². The van der Waals surface area contributed by atoms with Crippen molar-refractivity contribution in [1.29, 1.82) is 0 Å². The summed E-state index contributed by atoms with van der Waals surface area (Å²) in [5.74, 6) is 1.53. The molecule has 0 aliphatic carbocycles. The van der Waals surface area contributed by atoms with Gasteiger partial charge in [-0.25, -0.2) is 4.98 Å². The first-order valence-corrected chi connectivity index (χ1v) is 7.59. The predicted octanol–water partition coefficient (Wildman–Crippen LogP) is 2.10. The van der Waals surface area contributed by atoms with Crippen LogP contribution < -0.4 is 10.2 Å². The summed E-state index contributed by atoms with van der Waals surface area (Å²) in [4.78, 5) is 15.2. The zero-order valence-corrected chi connectivity index (χ0v) is 12.8. The van der Waals surface area contributed by atoms with Crippen LogP contribution in [0.5, 0.6) is 0 Å². The van der Waals surface area contributed by atoms with Gasteiger partial charge in [-0.3, -0.25) is 4.98 Å². The van der Waals surface area contributed by atoms with Gasteiger partial charge in [0.25, 0.3) is 0 Å². The Bertz CT molecular complexity index is 586. The van der Waals surface area contributed by atoms with E-state index in [1.165, 1.54) is 0 Å². The highest BCUT2D eigenvalue weighted by molar-refractivity contribution is 5.41. The molecule has 0 unspecified atom stereocenters. The second-order valence-corrected chi connectivity index (χ2v) is 5.48. The van der Waals surface area contributed by atoms with E-state index in [2.05, 4.69) is 20.3 Å². The van der Waals surface area contributed by atoms with Crippen LogP contribution in [0.15, 0.2) is 36.7 Å². The maximum Gasteiger partial charge on any atom is 0.227 e. The molecule has 0 bridgehead atoms. The Morgan fingerprint density at radius 3 is 3.00 bits per heavy atom. The van der Waals surface area contributed by atoms with Crippen molar-refractivity contribution in [2.75, 3.05) is 30.5 Å². The van der Waals surface area contributed by atoms with Crippen molar-refractivity contribution in [3.05, 3.63) is 42.4 Å². The third kappa shape index (κ3) is 3.92. The first kappa shape index (κ1) is 14.7. The highest BCUT2D eigenvalue weighted by atomic mass is 16.5. The van der Waals surface area contributed by atoms with E-state index in [0.29, 0.717) is 18.5 Å². The molecule has 2 aromatic rings. The fraction of sp³-hybridized carbons (Fsp3) is 0.438. The van der Waals surface area contributed by atoms with Crippen molar-refractivity contribution < 1.29 is 4.74 Å². The minimum Gasteiger partial charge on any atom is -0.379 e. The molecule has 1 N–H and O–H groups in total. The highest BCUT2D eigenvalue weighted by Gasteiger charge is 2.14. The molecule has 1 saturated heterocycles. The summed E-state index contributed by atoms with van der Waals surface area (Å²) in [6.07, 6.45) is 5.78. The lowest BCUT2D eigenvalue weighted by Gasteiger charge is -2.24. The number of hydrogen-bond donors (Lipinski definition) is 1. The van der Waals surface area contributed by atoms with Gasteiger partial charge in [-0.2, -0.15) is 4.98 Å². The predicted molar refractivity (Wildman–Crippen MR) is 85.8 cm³/mol. The second-order valence-electron chi connectivity index (χ2n) is 5.48. The normalized spacial score (nSPS) is 18.0. The fourth-order valence-corrected chi connectivity index (χ4v) is 2.48. The van der Waals surface area contributed by atoms with Crippen LogP contribution in [0.25, 0.3) is 0 Å². The van der Waals surface area contributed by atoms with E-state index < -0.39 is 0 Å². The molecule has 116 valence electrons. The monoisotopic (exact) mass is 299 g/mol. The smallest absolute Gasteiger partial charge is 0.227 e. The van der Waals surface area contributed by atoms with Crippen molar-refractivity contribution in [1.82, 2.24) is 15.0 Å². The Morgan fingerprint density at radius 1 is 1.27 bits per heavy atom. The van der Waals surface area contributed by atoms with Crippen LogP contribution in [-0.2, 0) is 11.3 Å². The summed E-state index contributed by atoms with van der Waals surface area (Å²) < 4.78 is 5.49. The van der Waals surface area contributed by atoms with Gasteiger partial charge in [-0.1, -0.05) is 6.07 Å². The van der Waals surface area contributed by atoms with E-state index in [1.54, 1.807) is 12.4 Å². The first-order chi connectivity index (χ1) is 10.8. The van der Waals surface area contributed by atoms with E-state index in [-0.39, 0.29) is 0 Å². The van der Waals surface area contributed by atoms with Crippen LogP contribution in [0.2, 0.25) is 0 Å². The van der Waals surface area contributed by atoms with Gasteiger partial charge < -0.3 is 15.0 Å². The Labute approximate surface area is 130 Å². The number of ether oxygens (including phenoxy) is 1. The van der Waals surface area contributed by atoms with Crippen molar-refractivity contribution in [3.63, 3.8) is 0 Å². The van der Waals surface area contributed by atoms with Gasteiger partial charge in [0.05, 0.1) is 24.9 Å². The third-order valence-electron chi connectivity index (χ3n) is 3.62. The Balaban J connectivity index is 1.64. The van der Waals surface area contributed by atoms with Crippen LogP contribution >= 0.6 is 0 Å².